The quantitative estimate of drug-likeness (QED) is 0.826. The van der Waals surface area contributed by atoms with Gasteiger partial charge in [0.25, 0.3) is 0 Å². The van der Waals surface area contributed by atoms with E-state index in [9.17, 15) is 0 Å². The van der Waals surface area contributed by atoms with Crippen LogP contribution in [0.4, 0.5) is 5.82 Å². The molecule has 2 aromatic rings. The molecule has 0 aliphatic heterocycles. The highest BCUT2D eigenvalue weighted by Gasteiger charge is 2.06. The SMILES string of the molecule is CCc1cc2cc(Cl)cc(Cl)c2nc1N. The number of anilines is 1. The summed E-state index contributed by atoms with van der Waals surface area (Å²) >= 11 is 11.9. The first kappa shape index (κ1) is 10.5. The summed E-state index contributed by atoms with van der Waals surface area (Å²) in [4.78, 5) is 4.27. The number of benzene rings is 1. The largest absolute Gasteiger partial charge is 0.383 e. The Labute approximate surface area is 98.0 Å². The van der Waals surface area contributed by atoms with E-state index in [-0.39, 0.29) is 0 Å². The highest BCUT2D eigenvalue weighted by Crippen LogP contribution is 2.28. The Bertz CT molecular complexity index is 523. The molecule has 0 aliphatic carbocycles. The zero-order chi connectivity index (χ0) is 11.0. The lowest BCUT2D eigenvalue weighted by atomic mass is 10.1. The van der Waals surface area contributed by atoms with Crippen LogP contribution in [0.2, 0.25) is 10.0 Å². The van der Waals surface area contributed by atoms with Crippen LogP contribution in [0.5, 0.6) is 0 Å². The third-order valence-electron chi connectivity index (χ3n) is 2.33. The molecule has 1 aromatic carbocycles. The normalized spacial score (nSPS) is 10.9. The Hall–Kier alpha value is -0.990. The maximum Gasteiger partial charge on any atom is 0.127 e. The van der Waals surface area contributed by atoms with Crippen molar-refractivity contribution < 1.29 is 0 Å². The van der Waals surface area contributed by atoms with E-state index in [0.717, 1.165) is 17.4 Å². The molecule has 0 bridgehead atoms. The highest BCUT2D eigenvalue weighted by atomic mass is 35.5. The van der Waals surface area contributed by atoms with Gasteiger partial charge in [0.2, 0.25) is 0 Å². The third kappa shape index (κ3) is 1.87. The van der Waals surface area contributed by atoms with Crippen LogP contribution in [0.15, 0.2) is 18.2 Å². The summed E-state index contributed by atoms with van der Waals surface area (Å²) in [6, 6.07) is 5.49. The molecule has 0 atom stereocenters. The predicted molar refractivity (Wildman–Crippen MR) is 65.6 cm³/mol. The van der Waals surface area contributed by atoms with Gasteiger partial charge in [0.15, 0.2) is 0 Å². The standard InChI is InChI=1S/C11H10Cl2N2/c1-2-6-3-7-4-8(12)5-9(13)10(7)15-11(6)14/h3-5H,2H2,1H3,(H2,14,15). The van der Waals surface area contributed by atoms with E-state index in [1.807, 2.05) is 19.1 Å². The molecule has 78 valence electrons. The van der Waals surface area contributed by atoms with Crippen molar-refractivity contribution in [3.8, 4) is 0 Å². The summed E-state index contributed by atoms with van der Waals surface area (Å²) in [6.45, 7) is 2.03. The van der Waals surface area contributed by atoms with Crippen LogP contribution in [-0.2, 0) is 6.42 Å². The molecule has 2 nitrogen and oxygen atoms in total. The van der Waals surface area contributed by atoms with Gasteiger partial charge in [-0.05, 0) is 30.2 Å². The molecule has 15 heavy (non-hydrogen) atoms. The molecule has 2 N–H and O–H groups in total. The second-order valence-electron chi connectivity index (χ2n) is 3.35. The number of halogens is 2. The lowest BCUT2D eigenvalue weighted by Crippen LogP contribution is -1.97. The molecule has 1 aromatic heterocycles. The molecule has 0 saturated heterocycles. The molecule has 0 amide bonds. The maximum absolute atomic E-state index is 6.03. The minimum Gasteiger partial charge on any atom is -0.383 e. The highest BCUT2D eigenvalue weighted by molar-refractivity contribution is 6.38. The van der Waals surface area contributed by atoms with Crippen molar-refractivity contribution in [3.63, 3.8) is 0 Å². The molecule has 0 spiro atoms. The van der Waals surface area contributed by atoms with Gasteiger partial charge in [0.1, 0.15) is 5.82 Å². The van der Waals surface area contributed by atoms with Crippen molar-refractivity contribution in [2.75, 3.05) is 5.73 Å². The molecule has 0 aliphatic rings. The Kier molecular flexibility index (Phi) is 2.72. The van der Waals surface area contributed by atoms with Crippen molar-refractivity contribution in [2.45, 2.75) is 13.3 Å². The fourth-order valence-electron chi connectivity index (χ4n) is 1.55. The van der Waals surface area contributed by atoms with Crippen LogP contribution >= 0.6 is 23.2 Å². The van der Waals surface area contributed by atoms with Crippen LogP contribution in [0.3, 0.4) is 0 Å². The van der Waals surface area contributed by atoms with E-state index >= 15 is 0 Å². The number of rotatable bonds is 1. The molecule has 0 saturated carbocycles. The number of nitrogens with two attached hydrogens (primary N) is 1. The van der Waals surface area contributed by atoms with Crippen molar-refractivity contribution >= 4 is 39.9 Å². The molecular weight excluding hydrogens is 231 g/mol. The number of hydrogen-bond acceptors (Lipinski definition) is 2. The molecule has 1 heterocycles. The van der Waals surface area contributed by atoms with Crippen LogP contribution in [0, 0.1) is 0 Å². The monoisotopic (exact) mass is 240 g/mol. The van der Waals surface area contributed by atoms with Gasteiger partial charge in [-0.25, -0.2) is 4.98 Å². The summed E-state index contributed by atoms with van der Waals surface area (Å²) in [5.74, 6) is 0.536. The van der Waals surface area contributed by atoms with Crippen LogP contribution in [-0.4, -0.2) is 4.98 Å². The number of fused-ring (bicyclic) bond motifs is 1. The minimum absolute atomic E-state index is 0.534. The second-order valence-corrected chi connectivity index (χ2v) is 4.19. The van der Waals surface area contributed by atoms with Gasteiger partial charge >= 0.3 is 0 Å². The molecule has 0 radical (unpaired) electrons. The number of aryl methyl sites for hydroxylation is 1. The fourth-order valence-corrected chi connectivity index (χ4v) is 2.10. The number of pyridine rings is 1. The summed E-state index contributed by atoms with van der Waals surface area (Å²) in [5.41, 5.74) is 7.52. The van der Waals surface area contributed by atoms with Crippen LogP contribution in [0.1, 0.15) is 12.5 Å². The summed E-state index contributed by atoms with van der Waals surface area (Å²) in [5, 5.41) is 2.08. The van der Waals surface area contributed by atoms with Gasteiger partial charge in [0.05, 0.1) is 10.5 Å². The Morgan fingerprint density at radius 3 is 2.67 bits per heavy atom. The average Bonchev–Trinajstić information content (AvgIpc) is 2.18. The topological polar surface area (TPSA) is 38.9 Å². The van der Waals surface area contributed by atoms with E-state index in [0.29, 0.717) is 21.4 Å². The molecular formula is C11H10Cl2N2. The second kappa shape index (κ2) is 3.87. The van der Waals surface area contributed by atoms with E-state index in [2.05, 4.69) is 4.98 Å². The van der Waals surface area contributed by atoms with Crippen molar-refractivity contribution in [1.29, 1.82) is 0 Å². The van der Waals surface area contributed by atoms with Crippen LogP contribution in [0.25, 0.3) is 10.9 Å². The smallest absolute Gasteiger partial charge is 0.127 e. The van der Waals surface area contributed by atoms with Gasteiger partial charge in [0, 0.05) is 10.4 Å². The number of aromatic nitrogens is 1. The Morgan fingerprint density at radius 1 is 1.27 bits per heavy atom. The first-order valence-corrected chi connectivity index (χ1v) is 5.41. The number of nitrogens with zero attached hydrogens (tertiary/aromatic N) is 1. The number of nitrogen functional groups attached to an aromatic ring is 1. The van der Waals surface area contributed by atoms with Gasteiger partial charge in [-0.1, -0.05) is 30.1 Å². The first-order chi connectivity index (χ1) is 7.11. The summed E-state index contributed by atoms with van der Waals surface area (Å²) in [6.07, 6.45) is 0.846. The van der Waals surface area contributed by atoms with Crippen molar-refractivity contribution in [3.05, 3.63) is 33.8 Å². The predicted octanol–water partition coefficient (Wildman–Crippen LogP) is 3.69. The number of hydrogen-bond donors (Lipinski definition) is 1. The zero-order valence-electron chi connectivity index (χ0n) is 8.22. The maximum atomic E-state index is 6.03. The molecule has 2 rings (SSSR count). The lowest BCUT2D eigenvalue weighted by Gasteiger charge is -2.06. The van der Waals surface area contributed by atoms with Gasteiger partial charge in [-0.2, -0.15) is 0 Å². The summed E-state index contributed by atoms with van der Waals surface area (Å²) in [7, 11) is 0. The van der Waals surface area contributed by atoms with E-state index in [1.165, 1.54) is 0 Å². The third-order valence-corrected chi connectivity index (χ3v) is 2.84. The fraction of sp³-hybridized carbons (Fsp3) is 0.182. The van der Waals surface area contributed by atoms with Gasteiger partial charge in [-0.15, -0.1) is 0 Å². The van der Waals surface area contributed by atoms with Gasteiger partial charge < -0.3 is 5.73 Å². The van der Waals surface area contributed by atoms with Gasteiger partial charge in [-0.3, -0.25) is 0 Å². The van der Waals surface area contributed by atoms with E-state index in [1.54, 1.807) is 6.07 Å². The van der Waals surface area contributed by atoms with Crippen LogP contribution < -0.4 is 5.73 Å². The van der Waals surface area contributed by atoms with E-state index in [4.69, 9.17) is 28.9 Å². The first-order valence-electron chi connectivity index (χ1n) is 4.66. The van der Waals surface area contributed by atoms with Crippen molar-refractivity contribution in [2.24, 2.45) is 0 Å². The average molecular weight is 241 g/mol. The summed E-state index contributed by atoms with van der Waals surface area (Å²) < 4.78 is 0. The lowest BCUT2D eigenvalue weighted by molar-refractivity contribution is 1.13. The molecule has 0 unspecified atom stereocenters. The molecule has 4 heteroatoms. The van der Waals surface area contributed by atoms with Crippen molar-refractivity contribution in [1.82, 2.24) is 4.98 Å². The molecule has 0 fully saturated rings. The van der Waals surface area contributed by atoms with E-state index < -0.39 is 0 Å². The Balaban J connectivity index is 2.81. The zero-order valence-corrected chi connectivity index (χ0v) is 9.73. The minimum atomic E-state index is 0.534. The Morgan fingerprint density at radius 2 is 2.00 bits per heavy atom.